The van der Waals surface area contributed by atoms with Crippen molar-refractivity contribution in [2.24, 2.45) is 0 Å². The molecule has 0 bridgehead atoms. The third-order valence-electron chi connectivity index (χ3n) is 3.04. The fourth-order valence-corrected chi connectivity index (χ4v) is 2.02. The summed E-state index contributed by atoms with van der Waals surface area (Å²) in [6, 6.07) is 6.38. The minimum absolute atomic E-state index is 0.0343. The first-order valence-electron chi connectivity index (χ1n) is 6.02. The Morgan fingerprint density at radius 2 is 2.24 bits per heavy atom. The summed E-state index contributed by atoms with van der Waals surface area (Å²) in [6.07, 6.45) is 3.06. The van der Waals surface area contributed by atoms with Gasteiger partial charge in [0.2, 0.25) is 5.91 Å². The Bertz CT molecular complexity index is 389. The van der Waals surface area contributed by atoms with E-state index in [0.717, 1.165) is 25.8 Å². The van der Waals surface area contributed by atoms with E-state index in [9.17, 15) is 9.18 Å². The van der Waals surface area contributed by atoms with Gasteiger partial charge in [-0.3, -0.25) is 4.79 Å². The van der Waals surface area contributed by atoms with Gasteiger partial charge in [-0.1, -0.05) is 24.6 Å². The first kappa shape index (κ1) is 12.0. The number of nitrogens with one attached hydrogen (secondary N) is 2. The summed E-state index contributed by atoms with van der Waals surface area (Å²) in [7, 11) is 0. The molecule has 0 unspecified atom stereocenters. The molecule has 1 aliphatic rings. The van der Waals surface area contributed by atoms with Gasteiger partial charge in [0.15, 0.2) is 0 Å². The molecule has 2 rings (SSSR count). The molecule has 0 saturated carbocycles. The summed E-state index contributed by atoms with van der Waals surface area (Å²) in [6.45, 7) is 1.14. The standard InChI is InChI=1S/C13H17FN2O/c14-11-6-2-1-5-10(11)9-16-13(17)12-7-3-4-8-15-12/h1-2,5-6,12,15H,3-4,7-9H2,(H,16,17)/t12-/m1/s1. The van der Waals surface area contributed by atoms with E-state index in [4.69, 9.17) is 0 Å². The summed E-state index contributed by atoms with van der Waals surface area (Å²) in [5.74, 6) is -0.308. The summed E-state index contributed by atoms with van der Waals surface area (Å²) >= 11 is 0. The van der Waals surface area contributed by atoms with Crippen molar-refractivity contribution in [2.45, 2.75) is 31.8 Å². The second-order valence-corrected chi connectivity index (χ2v) is 4.31. The van der Waals surface area contributed by atoms with Gasteiger partial charge in [-0.05, 0) is 25.5 Å². The minimum Gasteiger partial charge on any atom is -0.351 e. The molecule has 1 aliphatic heterocycles. The van der Waals surface area contributed by atoms with Crippen LogP contribution in [0.3, 0.4) is 0 Å². The lowest BCUT2D eigenvalue weighted by Crippen LogP contribution is -2.46. The Hall–Kier alpha value is -1.42. The molecular weight excluding hydrogens is 219 g/mol. The van der Waals surface area contributed by atoms with Crippen LogP contribution < -0.4 is 10.6 Å². The van der Waals surface area contributed by atoms with Crippen LogP contribution in [-0.2, 0) is 11.3 Å². The molecule has 2 N–H and O–H groups in total. The molecule has 1 amide bonds. The summed E-state index contributed by atoms with van der Waals surface area (Å²) < 4.78 is 13.3. The quantitative estimate of drug-likeness (QED) is 0.836. The molecule has 3 nitrogen and oxygen atoms in total. The fourth-order valence-electron chi connectivity index (χ4n) is 2.02. The van der Waals surface area contributed by atoms with E-state index in [1.807, 2.05) is 0 Å². The first-order chi connectivity index (χ1) is 8.27. The van der Waals surface area contributed by atoms with Gasteiger partial charge in [0.1, 0.15) is 5.82 Å². The van der Waals surface area contributed by atoms with Crippen molar-refractivity contribution in [3.63, 3.8) is 0 Å². The summed E-state index contributed by atoms with van der Waals surface area (Å²) in [5.41, 5.74) is 0.525. The van der Waals surface area contributed by atoms with Crippen LogP contribution in [0.1, 0.15) is 24.8 Å². The predicted octanol–water partition coefficient (Wildman–Crippen LogP) is 1.58. The average molecular weight is 236 g/mol. The van der Waals surface area contributed by atoms with Gasteiger partial charge in [-0.15, -0.1) is 0 Å². The van der Waals surface area contributed by atoms with Crippen LogP contribution in [-0.4, -0.2) is 18.5 Å². The number of carbonyl (C=O) groups is 1. The molecule has 0 radical (unpaired) electrons. The molecule has 1 fully saturated rings. The molecular formula is C13H17FN2O. The molecule has 4 heteroatoms. The number of amides is 1. The third-order valence-corrected chi connectivity index (χ3v) is 3.04. The lowest BCUT2D eigenvalue weighted by Gasteiger charge is -2.22. The van der Waals surface area contributed by atoms with Crippen LogP contribution in [0, 0.1) is 5.82 Å². The highest BCUT2D eigenvalue weighted by Gasteiger charge is 2.20. The van der Waals surface area contributed by atoms with Crippen LogP contribution in [0.2, 0.25) is 0 Å². The molecule has 17 heavy (non-hydrogen) atoms. The maximum Gasteiger partial charge on any atom is 0.237 e. The van der Waals surface area contributed by atoms with Crippen molar-refractivity contribution < 1.29 is 9.18 Å². The van der Waals surface area contributed by atoms with Crippen molar-refractivity contribution in [2.75, 3.05) is 6.54 Å². The Kier molecular flexibility index (Phi) is 4.09. The van der Waals surface area contributed by atoms with Gasteiger partial charge in [0.25, 0.3) is 0 Å². The SMILES string of the molecule is O=C(NCc1ccccc1F)[C@H]1CCCCN1. The van der Waals surface area contributed by atoms with E-state index in [1.165, 1.54) is 6.07 Å². The second kappa shape index (κ2) is 5.77. The Labute approximate surface area is 100 Å². The van der Waals surface area contributed by atoms with E-state index >= 15 is 0 Å². The Balaban J connectivity index is 1.85. The molecule has 1 aromatic rings. The predicted molar refractivity (Wildman–Crippen MR) is 63.9 cm³/mol. The van der Waals surface area contributed by atoms with E-state index in [1.54, 1.807) is 18.2 Å². The second-order valence-electron chi connectivity index (χ2n) is 4.31. The van der Waals surface area contributed by atoms with Crippen LogP contribution >= 0.6 is 0 Å². The van der Waals surface area contributed by atoms with Gasteiger partial charge in [-0.25, -0.2) is 4.39 Å². The topological polar surface area (TPSA) is 41.1 Å². The molecule has 1 heterocycles. The van der Waals surface area contributed by atoms with Gasteiger partial charge < -0.3 is 10.6 Å². The zero-order valence-electron chi connectivity index (χ0n) is 9.71. The fraction of sp³-hybridized carbons (Fsp3) is 0.462. The van der Waals surface area contributed by atoms with Crippen molar-refractivity contribution in [3.05, 3.63) is 35.6 Å². The first-order valence-corrected chi connectivity index (χ1v) is 6.02. The molecule has 1 saturated heterocycles. The number of halogens is 1. The molecule has 0 aromatic heterocycles. The van der Waals surface area contributed by atoms with Gasteiger partial charge in [0.05, 0.1) is 6.04 Å². The zero-order chi connectivity index (χ0) is 12.1. The maximum atomic E-state index is 13.3. The summed E-state index contributed by atoms with van der Waals surface area (Å²) in [5, 5.41) is 5.93. The van der Waals surface area contributed by atoms with Crippen molar-refractivity contribution in [1.29, 1.82) is 0 Å². The van der Waals surface area contributed by atoms with E-state index in [2.05, 4.69) is 10.6 Å². The number of carbonyl (C=O) groups excluding carboxylic acids is 1. The molecule has 1 aromatic carbocycles. The van der Waals surface area contributed by atoms with E-state index in [-0.39, 0.29) is 24.3 Å². The average Bonchev–Trinajstić information content (AvgIpc) is 2.38. The van der Waals surface area contributed by atoms with Crippen molar-refractivity contribution >= 4 is 5.91 Å². The van der Waals surface area contributed by atoms with Gasteiger partial charge in [0, 0.05) is 12.1 Å². The van der Waals surface area contributed by atoms with Crippen molar-refractivity contribution in [1.82, 2.24) is 10.6 Å². The van der Waals surface area contributed by atoms with Gasteiger partial charge in [-0.2, -0.15) is 0 Å². The van der Waals surface area contributed by atoms with Crippen LogP contribution in [0.15, 0.2) is 24.3 Å². The Morgan fingerprint density at radius 1 is 1.41 bits per heavy atom. The number of hydrogen-bond acceptors (Lipinski definition) is 2. The minimum atomic E-state index is -0.274. The number of benzene rings is 1. The highest BCUT2D eigenvalue weighted by Crippen LogP contribution is 2.08. The monoisotopic (exact) mass is 236 g/mol. The Morgan fingerprint density at radius 3 is 2.94 bits per heavy atom. The maximum absolute atomic E-state index is 13.3. The smallest absolute Gasteiger partial charge is 0.237 e. The normalized spacial score (nSPS) is 19.9. The van der Waals surface area contributed by atoms with E-state index < -0.39 is 0 Å². The van der Waals surface area contributed by atoms with Crippen LogP contribution in [0.5, 0.6) is 0 Å². The van der Waals surface area contributed by atoms with Crippen LogP contribution in [0.4, 0.5) is 4.39 Å². The summed E-state index contributed by atoms with van der Waals surface area (Å²) in [4.78, 5) is 11.8. The van der Waals surface area contributed by atoms with E-state index in [0.29, 0.717) is 5.56 Å². The molecule has 0 spiro atoms. The lowest BCUT2D eigenvalue weighted by molar-refractivity contribution is -0.123. The zero-order valence-corrected chi connectivity index (χ0v) is 9.71. The molecule has 92 valence electrons. The molecule has 1 atom stereocenters. The van der Waals surface area contributed by atoms with Crippen LogP contribution in [0.25, 0.3) is 0 Å². The molecule has 0 aliphatic carbocycles. The number of piperidine rings is 1. The lowest BCUT2D eigenvalue weighted by atomic mass is 10.0. The van der Waals surface area contributed by atoms with Crippen molar-refractivity contribution in [3.8, 4) is 0 Å². The highest BCUT2D eigenvalue weighted by molar-refractivity contribution is 5.81. The highest BCUT2D eigenvalue weighted by atomic mass is 19.1. The number of hydrogen-bond donors (Lipinski definition) is 2. The number of rotatable bonds is 3. The van der Waals surface area contributed by atoms with Gasteiger partial charge >= 0.3 is 0 Å². The largest absolute Gasteiger partial charge is 0.351 e. The third kappa shape index (κ3) is 3.27.